The summed E-state index contributed by atoms with van der Waals surface area (Å²) in [6, 6.07) is 2.85. The van der Waals surface area contributed by atoms with Crippen LogP contribution >= 0.6 is 12.6 Å². The molecule has 60 valence electrons. The summed E-state index contributed by atoms with van der Waals surface area (Å²) >= 11 is 3.92. The Morgan fingerprint density at radius 2 is 2.18 bits per heavy atom. The van der Waals surface area contributed by atoms with E-state index < -0.39 is 6.61 Å². The van der Waals surface area contributed by atoms with E-state index >= 15 is 0 Å². The van der Waals surface area contributed by atoms with Gasteiger partial charge < -0.3 is 4.74 Å². The molecular formula is C6H5F2NOS. The molecule has 0 aliphatic heterocycles. The SMILES string of the molecule is FC(F)Oc1ccc(S)cn1. The molecular weight excluding hydrogens is 172 g/mol. The van der Waals surface area contributed by atoms with Crippen molar-refractivity contribution in [2.45, 2.75) is 11.5 Å². The highest BCUT2D eigenvalue weighted by molar-refractivity contribution is 7.80. The number of rotatable bonds is 2. The zero-order valence-corrected chi connectivity index (χ0v) is 6.26. The molecule has 0 saturated heterocycles. The van der Waals surface area contributed by atoms with Gasteiger partial charge in [-0.05, 0) is 6.07 Å². The van der Waals surface area contributed by atoms with Crippen LogP contribution in [0.1, 0.15) is 0 Å². The molecule has 0 aliphatic rings. The summed E-state index contributed by atoms with van der Waals surface area (Å²) in [6.45, 7) is -2.83. The third-order valence-corrected chi connectivity index (χ3v) is 1.20. The average Bonchev–Trinajstić information content (AvgIpc) is 1.93. The predicted molar refractivity (Wildman–Crippen MR) is 38.1 cm³/mol. The van der Waals surface area contributed by atoms with Crippen LogP contribution < -0.4 is 4.74 Å². The number of hydrogen-bond acceptors (Lipinski definition) is 3. The zero-order valence-electron chi connectivity index (χ0n) is 5.37. The highest BCUT2D eigenvalue weighted by Gasteiger charge is 2.03. The van der Waals surface area contributed by atoms with Gasteiger partial charge in [0.2, 0.25) is 5.88 Å². The van der Waals surface area contributed by atoms with Crippen molar-refractivity contribution < 1.29 is 13.5 Å². The van der Waals surface area contributed by atoms with Crippen LogP contribution in [0.3, 0.4) is 0 Å². The summed E-state index contributed by atoms with van der Waals surface area (Å²) in [5.74, 6) is -0.0993. The lowest BCUT2D eigenvalue weighted by Crippen LogP contribution is -2.02. The maximum absolute atomic E-state index is 11.5. The van der Waals surface area contributed by atoms with Gasteiger partial charge in [-0.15, -0.1) is 12.6 Å². The van der Waals surface area contributed by atoms with Crippen LogP contribution in [0.25, 0.3) is 0 Å². The first-order valence-corrected chi connectivity index (χ1v) is 3.23. The standard InChI is InChI=1S/C6H5F2NOS/c7-6(8)10-5-2-1-4(11)3-9-5/h1-3,6,11H. The molecule has 0 radical (unpaired) electrons. The predicted octanol–water partition coefficient (Wildman–Crippen LogP) is 1.97. The molecule has 0 amide bonds. The Kier molecular flexibility index (Phi) is 2.64. The zero-order chi connectivity index (χ0) is 8.27. The van der Waals surface area contributed by atoms with Gasteiger partial charge in [-0.25, -0.2) is 4.98 Å². The van der Waals surface area contributed by atoms with Crippen molar-refractivity contribution in [1.82, 2.24) is 4.98 Å². The normalized spacial score (nSPS) is 10.2. The Labute approximate surface area is 67.6 Å². The number of alkyl halides is 2. The van der Waals surface area contributed by atoms with Gasteiger partial charge in [-0.2, -0.15) is 8.78 Å². The minimum atomic E-state index is -2.83. The molecule has 1 heterocycles. The second kappa shape index (κ2) is 3.52. The number of aromatic nitrogens is 1. The minimum absolute atomic E-state index is 0.0993. The molecule has 0 N–H and O–H groups in total. The molecule has 0 spiro atoms. The quantitative estimate of drug-likeness (QED) is 0.697. The van der Waals surface area contributed by atoms with Crippen molar-refractivity contribution in [2.24, 2.45) is 0 Å². The van der Waals surface area contributed by atoms with Crippen LogP contribution in [-0.4, -0.2) is 11.6 Å². The molecule has 5 heteroatoms. The number of pyridine rings is 1. The number of thiol groups is 1. The minimum Gasteiger partial charge on any atom is -0.417 e. The maximum atomic E-state index is 11.5. The molecule has 1 aromatic heterocycles. The summed E-state index contributed by atoms with van der Waals surface area (Å²) < 4.78 is 27.1. The van der Waals surface area contributed by atoms with E-state index in [0.717, 1.165) is 0 Å². The van der Waals surface area contributed by atoms with E-state index in [1.54, 1.807) is 0 Å². The van der Waals surface area contributed by atoms with Crippen LogP contribution in [0.5, 0.6) is 5.88 Å². The fraction of sp³-hybridized carbons (Fsp3) is 0.167. The lowest BCUT2D eigenvalue weighted by molar-refractivity contribution is -0.0528. The second-order valence-electron chi connectivity index (χ2n) is 1.73. The summed E-state index contributed by atoms with van der Waals surface area (Å²) in [5, 5.41) is 0. The average molecular weight is 177 g/mol. The summed E-state index contributed by atoms with van der Waals surface area (Å²) in [4.78, 5) is 4.14. The molecule has 0 saturated carbocycles. The smallest absolute Gasteiger partial charge is 0.388 e. The third-order valence-electron chi connectivity index (χ3n) is 0.931. The molecule has 0 aliphatic carbocycles. The molecule has 0 aromatic carbocycles. The van der Waals surface area contributed by atoms with Crippen molar-refractivity contribution in [3.63, 3.8) is 0 Å². The Hall–Kier alpha value is -0.840. The van der Waals surface area contributed by atoms with E-state index in [0.29, 0.717) is 4.90 Å². The maximum Gasteiger partial charge on any atom is 0.388 e. The first-order chi connectivity index (χ1) is 5.18. The van der Waals surface area contributed by atoms with Gasteiger partial charge in [0.25, 0.3) is 0 Å². The molecule has 1 aromatic rings. The second-order valence-corrected chi connectivity index (χ2v) is 2.25. The lowest BCUT2D eigenvalue weighted by Gasteiger charge is -2.01. The first-order valence-electron chi connectivity index (χ1n) is 2.78. The number of hydrogen-bond donors (Lipinski definition) is 1. The number of nitrogens with zero attached hydrogens (tertiary/aromatic N) is 1. The van der Waals surface area contributed by atoms with Crippen LogP contribution in [0.15, 0.2) is 23.2 Å². The van der Waals surface area contributed by atoms with Gasteiger partial charge in [-0.1, -0.05) is 0 Å². The third kappa shape index (κ3) is 2.71. The van der Waals surface area contributed by atoms with E-state index in [-0.39, 0.29) is 5.88 Å². The van der Waals surface area contributed by atoms with E-state index in [2.05, 4.69) is 22.3 Å². The fourth-order valence-corrected chi connectivity index (χ4v) is 0.666. The van der Waals surface area contributed by atoms with Crippen LogP contribution in [0.4, 0.5) is 8.78 Å². The molecule has 0 unspecified atom stereocenters. The van der Waals surface area contributed by atoms with E-state index in [4.69, 9.17) is 0 Å². The Morgan fingerprint density at radius 3 is 2.64 bits per heavy atom. The van der Waals surface area contributed by atoms with Gasteiger partial charge in [0.1, 0.15) is 0 Å². The Balaban J connectivity index is 2.66. The highest BCUT2D eigenvalue weighted by Crippen LogP contribution is 2.12. The van der Waals surface area contributed by atoms with Crippen molar-refractivity contribution >= 4 is 12.6 Å². The van der Waals surface area contributed by atoms with Gasteiger partial charge in [0.15, 0.2) is 0 Å². The molecule has 1 rings (SSSR count). The Bertz CT molecular complexity index is 227. The van der Waals surface area contributed by atoms with Crippen molar-refractivity contribution in [3.8, 4) is 5.88 Å². The van der Waals surface area contributed by atoms with Gasteiger partial charge in [-0.3, -0.25) is 0 Å². The first kappa shape index (κ1) is 8.26. The highest BCUT2D eigenvalue weighted by atomic mass is 32.1. The summed E-state index contributed by atoms with van der Waals surface area (Å²) in [5.41, 5.74) is 0. The van der Waals surface area contributed by atoms with E-state index in [9.17, 15) is 8.78 Å². The molecule has 2 nitrogen and oxygen atoms in total. The largest absolute Gasteiger partial charge is 0.417 e. The van der Waals surface area contributed by atoms with Crippen LogP contribution in [-0.2, 0) is 0 Å². The van der Waals surface area contributed by atoms with Crippen LogP contribution in [0, 0.1) is 0 Å². The molecule has 0 fully saturated rings. The van der Waals surface area contributed by atoms with Crippen molar-refractivity contribution in [2.75, 3.05) is 0 Å². The van der Waals surface area contributed by atoms with E-state index in [1.165, 1.54) is 18.3 Å². The van der Waals surface area contributed by atoms with Crippen molar-refractivity contribution in [3.05, 3.63) is 18.3 Å². The fourth-order valence-electron chi connectivity index (χ4n) is 0.533. The molecule has 11 heavy (non-hydrogen) atoms. The topological polar surface area (TPSA) is 22.1 Å². The lowest BCUT2D eigenvalue weighted by atomic mass is 10.5. The van der Waals surface area contributed by atoms with Gasteiger partial charge >= 0.3 is 6.61 Å². The Morgan fingerprint density at radius 1 is 1.45 bits per heavy atom. The molecule has 0 bridgehead atoms. The summed E-state index contributed by atoms with van der Waals surface area (Å²) in [7, 11) is 0. The number of ether oxygens (including phenoxy) is 1. The monoisotopic (exact) mass is 177 g/mol. The van der Waals surface area contributed by atoms with Crippen molar-refractivity contribution in [1.29, 1.82) is 0 Å². The molecule has 0 atom stereocenters. The summed E-state index contributed by atoms with van der Waals surface area (Å²) in [6.07, 6.45) is 1.33. The van der Waals surface area contributed by atoms with E-state index in [1.807, 2.05) is 0 Å². The van der Waals surface area contributed by atoms with Gasteiger partial charge in [0, 0.05) is 17.2 Å². The van der Waals surface area contributed by atoms with Gasteiger partial charge in [0.05, 0.1) is 0 Å². The van der Waals surface area contributed by atoms with Crippen LogP contribution in [0.2, 0.25) is 0 Å². The number of halogens is 2.